The van der Waals surface area contributed by atoms with Crippen LogP contribution in [0.1, 0.15) is 26.0 Å². The highest BCUT2D eigenvalue weighted by molar-refractivity contribution is 5.93. The zero-order valence-electron chi connectivity index (χ0n) is 10.1. The molecule has 1 aromatic heterocycles. The summed E-state index contributed by atoms with van der Waals surface area (Å²) < 4.78 is 2.10. The third-order valence-electron chi connectivity index (χ3n) is 2.50. The van der Waals surface area contributed by atoms with E-state index in [1.54, 1.807) is 6.92 Å². The van der Waals surface area contributed by atoms with Crippen molar-refractivity contribution < 1.29 is 4.79 Å². The summed E-state index contributed by atoms with van der Waals surface area (Å²) >= 11 is 0. The van der Waals surface area contributed by atoms with E-state index < -0.39 is 0 Å². The Labute approximate surface area is 96.8 Å². The predicted octanol–water partition coefficient (Wildman–Crippen LogP) is 1.49. The molecule has 0 spiro atoms. The summed E-state index contributed by atoms with van der Waals surface area (Å²) in [5, 5.41) is 2.84. The lowest BCUT2D eigenvalue weighted by molar-refractivity contribution is -0.116. The van der Waals surface area contributed by atoms with Crippen LogP contribution in [0.2, 0.25) is 0 Å². The molecular formula is C13H18N2O. The maximum Gasteiger partial charge on any atom is 0.296 e. The molecule has 0 radical (unpaired) electrons. The Morgan fingerprint density at radius 3 is 2.94 bits per heavy atom. The summed E-state index contributed by atoms with van der Waals surface area (Å²) in [6, 6.07) is 4.28. The van der Waals surface area contributed by atoms with E-state index in [0.717, 1.165) is 12.8 Å². The third kappa shape index (κ3) is 3.82. The second-order valence-corrected chi connectivity index (χ2v) is 3.90. The lowest BCUT2D eigenvalue weighted by atomic mass is 10.1. The van der Waals surface area contributed by atoms with Crippen LogP contribution in [0.5, 0.6) is 0 Å². The van der Waals surface area contributed by atoms with Gasteiger partial charge in [0.15, 0.2) is 0 Å². The van der Waals surface area contributed by atoms with Crippen LogP contribution < -0.4 is 5.32 Å². The molecule has 1 unspecified atom stereocenters. The van der Waals surface area contributed by atoms with Crippen molar-refractivity contribution in [3.05, 3.63) is 24.0 Å². The van der Waals surface area contributed by atoms with Gasteiger partial charge in [-0.3, -0.25) is 4.79 Å². The highest BCUT2D eigenvalue weighted by atomic mass is 16.1. The summed E-state index contributed by atoms with van der Waals surface area (Å²) in [6.45, 7) is 3.66. The maximum absolute atomic E-state index is 11.2. The third-order valence-corrected chi connectivity index (χ3v) is 2.50. The molecule has 1 N–H and O–H groups in total. The Morgan fingerprint density at radius 1 is 1.62 bits per heavy atom. The second-order valence-electron chi connectivity index (χ2n) is 3.90. The minimum Gasteiger partial charge on any atom is -0.354 e. The molecule has 0 saturated heterocycles. The van der Waals surface area contributed by atoms with Gasteiger partial charge in [-0.05, 0) is 44.7 Å². The molecular weight excluding hydrogens is 200 g/mol. The molecule has 1 heterocycles. The lowest BCUT2D eigenvalue weighted by Crippen LogP contribution is -2.31. The van der Waals surface area contributed by atoms with Crippen molar-refractivity contribution in [2.75, 3.05) is 0 Å². The molecule has 1 rings (SSSR count). The molecule has 1 amide bonds. The van der Waals surface area contributed by atoms with E-state index in [1.807, 2.05) is 26.2 Å². The largest absolute Gasteiger partial charge is 0.354 e. The normalized spacial score (nSPS) is 11.4. The fourth-order valence-corrected chi connectivity index (χ4v) is 1.57. The van der Waals surface area contributed by atoms with Crippen LogP contribution in [0.3, 0.4) is 0 Å². The van der Waals surface area contributed by atoms with E-state index >= 15 is 0 Å². The average molecular weight is 218 g/mol. The van der Waals surface area contributed by atoms with Gasteiger partial charge in [-0.2, -0.15) is 0 Å². The van der Waals surface area contributed by atoms with Gasteiger partial charge in [-0.1, -0.05) is 5.92 Å². The SMILES string of the molecule is CC#CC(=O)NC(C)CCc1cccn1C. The minimum absolute atomic E-state index is 0.156. The Morgan fingerprint density at radius 2 is 2.38 bits per heavy atom. The van der Waals surface area contributed by atoms with Crippen molar-refractivity contribution in [2.45, 2.75) is 32.7 Å². The van der Waals surface area contributed by atoms with Crippen LogP contribution in [-0.4, -0.2) is 16.5 Å². The zero-order chi connectivity index (χ0) is 12.0. The molecule has 0 aliphatic carbocycles. The van der Waals surface area contributed by atoms with Crippen molar-refractivity contribution in [1.82, 2.24) is 9.88 Å². The molecule has 86 valence electrons. The molecule has 0 aromatic carbocycles. The Bertz CT molecular complexity index is 409. The van der Waals surface area contributed by atoms with Crippen LogP contribution in [-0.2, 0) is 18.3 Å². The van der Waals surface area contributed by atoms with Gasteiger partial charge in [0, 0.05) is 25.0 Å². The molecule has 0 fully saturated rings. The van der Waals surface area contributed by atoms with Crippen LogP contribution in [0.25, 0.3) is 0 Å². The molecule has 1 atom stereocenters. The van der Waals surface area contributed by atoms with Crippen molar-refractivity contribution >= 4 is 5.91 Å². The molecule has 16 heavy (non-hydrogen) atoms. The van der Waals surface area contributed by atoms with E-state index in [9.17, 15) is 4.79 Å². The number of amides is 1. The van der Waals surface area contributed by atoms with Crippen molar-refractivity contribution in [3.63, 3.8) is 0 Å². The highest BCUT2D eigenvalue weighted by Gasteiger charge is 2.06. The average Bonchev–Trinajstić information content (AvgIpc) is 2.61. The monoisotopic (exact) mass is 218 g/mol. The molecule has 0 bridgehead atoms. The van der Waals surface area contributed by atoms with Crippen LogP contribution >= 0.6 is 0 Å². The van der Waals surface area contributed by atoms with Gasteiger partial charge in [0.2, 0.25) is 0 Å². The maximum atomic E-state index is 11.2. The summed E-state index contributed by atoms with van der Waals surface area (Å²) in [6.07, 6.45) is 3.92. The van der Waals surface area contributed by atoms with Crippen molar-refractivity contribution in [2.24, 2.45) is 7.05 Å². The Kier molecular flexibility index (Phi) is 4.65. The smallest absolute Gasteiger partial charge is 0.296 e. The number of nitrogens with one attached hydrogen (secondary N) is 1. The molecule has 0 saturated carbocycles. The van der Waals surface area contributed by atoms with Gasteiger partial charge in [0.05, 0.1) is 0 Å². The molecule has 1 aromatic rings. The summed E-state index contributed by atoms with van der Waals surface area (Å²) in [7, 11) is 2.03. The Hall–Kier alpha value is -1.69. The number of hydrogen-bond acceptors (Lipinski definition) is 1. The Balaban J connectivity index is 2.35. The molecule has 0 aliphatic rings. The molecule has 3 heteroatoms. The number of aryl methyl sites for hydroxylation is 2. The van der Waals surface area contributed by atoms with Gasteiger partial charge in [-0.25, -0.2) is 0 Å². The van der Waals surface area contributed by atoms with Crippen LogP contribution in [0, 0.1) is 11.8 Å². The summed E-state index contributed by atoms with van der Waals surface area (Å²) in [4.78, 5) is 11.2. The first-order valence-corrected chi connectivity index (χ1v) is 5.47. The first-order chi connectivity index (χ1) is 7.63. The predicted molar refractivity (Wildman–Crippen MR) is 64.8 cm³/mol. The van der Waals surface area contributed by atoms with E-state index in [0.29, 0.717) is 0 Å². The number of aromatic nitrogens is 1. The van der Waals surface area contributed by atoms with Crippen LogP contribution in [0.4, 0.5) is 0 Å². The van der Waals surface area contributed by atoms with E-state index in [2.05, 4.69) is 27.8 Å². The van der Waals surface area contributed by atoms with Crippen molar-refractivity contribution in [1.29, 1.82) is 0 Å². The first kappa shape index (κ1) is 12.4. The second kappa shape index (κ2) is 6.02. The van der Waals surface area contributed by atoms with E-state index in [-0.39, 0.29) is 11.9 Å². The number of carbonyl (C=O) groups excluding carboxylic acids is 1. The number of nitrogens with zero attached hydrogens (tertiary/aromatic N) is 1. The van der Waals surface area contributed by atoms with Gasteiger partial charge in [0.1, 0.15) is 0 Å². The van der Waals surface area contributed by atoms with Gasteiger partial charge >= 0.3 is 0 Å². The highest BCUT2D eigenvalue weighted by Crippen LogP contribution is 2.05. The van der Waals surface area contributed by atoms with E-state index in [4.69, 9.17) is 0 Å². The zero-order valence-corrected chi connectivity index (χ0v) is 10.1. The number of hydrogen-bond donors (Lipinski definition) is 1. The van der Waals surface area contributed by atoms with Gasteiger partial charge in [0.25, 0.3) is 5.91 Å². The summed E-state index contributed by atoms with van der Waals surface area (Å²) in [5.74, 6) is 4.87. The molecule has 0 aliphatic heterocycles. The van der Waals surface area contributed by atoms with Gasteiger partial charge in [-0.15, -0.1) is 0 Å². The van der Waals surface area contributed by atoms with Crippen molar-refractivity contribution in [3.8, 4) is 11.8 Å². The standard InChI is InChI=1S/C13H18N2O/c1-4-6-13(16)14-11(2)8-9-12-7-5-10-15(12)3/h5,7,10-11H,8-9H2,1-3H3,(H,14,16). The van der Waals surface area contributed by atoms with E-state index in [1.165, 1.54) is 5.69 Å². The topological polar surface area (TPSA) is 34.0 Å². The number of carbonyl (C=O) groups is 1. The van der Waals surface area contributed by atoms with Gasteiger partial charge < -0.3 is 9.88 Å². The fourth-order valence-electron chi connectivity index (χ4n) is 1.57. The number of rotatable bonds is 4. The van der Waals surface area contributed by atoms with Crippen LogP contribution in [0.15, 0.2) is 18.3 Å². The first-order valence-electron chi connectivity index (χ1n) is 5.47. The summed E-state index contributed by atoms with van der Waals surface area (Å²) in [5.41, 5.74) is 1.28. The molecule has 3 nitrogen and oxygen atoms in total. The fraction of sp³-hybridized carbons (Fsp3) is 0.462. The quantitative estimate of drug-likeness (QED) is 0.763. The minimum atomic E-state index is -0.193. The lowest BCUT2D eigenvalue weighted by Gasteiger charge is -2.11.